The highest BCUT2D eigenvalue weighted by molar-refractivity contribution is 8.00. The van der Waals surface area contributed by atoms with E-state index >= 15 is 0 Å². The molecule has 7 heteroatoms. The van der Waals surface area contributed by atoms with E-state index in [-0.39, 0.29) is 11.2 Å². The van der Waals surface area contributed by atoms with Crippen molar-refractivity contribution in [2.24, 2.45) is 0 Å². The number of methoxy groups -OCH3 is 1. The number of nitrogens with one attached hydrogen (secondary N) is 1. The fraction of sp³-hybridized carbons (Fsp3) is 0.227. The average molecular weight is 409 g/mol. The third-order valence-electron chi connectivity index (χ3n) is 4.36. The lowest BCUT2D eigenvalue weighted by molar-refractivity contribution is -0.120. The first kappa shape index (κ1) is 20.7. The number of thioether (sulfide) groups is 1. The van der Waals surface area contributed by atoms with Gasteiger partial charge in [0.25, 0.3) is 0 Å². The maximum Gasteiger partial charge on any atom is 0.233 e. The van der Waals surface area contributed by atoms with Gasteiger partial charge in [0.05, 0.1) is 12.4 Å². The normalized spacial score (nSPS) is 11.7. The number of allylic oxidation sites excluding steroid dienone is 1. The SMILES string of the molecule is C=CCn1c(SC(C)C(=O)NCc2ccccc2OC)nnc1-c1ccccc1. The van der Waals surface area contributed by atoms with E-state index in [1.807, 2.05) is 66.1 Å². The molecule has 1 heterocycles. The topological polar surface area (TPSA) is 69.0 Å². The number of amides is 1. The van der Waals surface area contributed by atoms with Gasteiger partial charge < -0.3 is 10.1 Å². The highest BCUT2D eigenvalue weighted by Gasteiger charge is 2.20. The van der Waals surface area contributed by atoms with E-state index in [9.17, 15) is 4.79 Å². The molecule has 0 radical (unpaired) electrons. The molecule has 0 spiro atoms. The molecule has 0 bridgehead atoms. The first-order chi connectivity index (χ1) is 14.1. The monoisotopic (exact) mass is 408 g/mol. The number of carbonyl (C=O) groups excluding carboxylic acids is 1. The minimum atomic E-state index is -0.332. The Hall–Kier alpha value is -3.06. The number of ether oxygens (including phenoxy) is 1. The lowest BCUT2D eigenvalue weighted by atomic mass is 10.2. The van der Waals surface area contributed by atoms with Gasteiger partial charge >= 0.3 is 0 Å². The lowest BCUT2D eigenvalue weighted by Crippen LogP contribution is -2.30. The number of benzene rings is 2. The summed E-state index contributed by atoms with van der Waals surface area (Å²) in [7, 11) is 1.62. The smallest absolute Gasteiger partial charge is 0.233 e. The van der Waals surface area contributed by atoms with Gasteiger partial charge in [0.2, 0.25) is 5.91 Å². The van der Waals surface area contributed by atoms with Gasteiger partial charge in [0.15, 0.2) is 11.0 Å². The number of rotatable bonds is 9. The molecule has 3 aromatic rings. The van der Waals surface area contributed by atoms with Gasteiger partial charge in [-0.1, -0.05) is 66.4 Å². The maximum absolute atomic E-state index is 12.6. The molecule has 0 saturated carbocycles. The van der Waals surface area contributed by atoms with Gasteiger partial charge in [-0.15, -0.1) is 16.8 Å². The summed E-state index contributed by atoms with van der Waals surface area (Å²) in [5.74, 6) is 1.44. The van der Waals surface area contributed by atoms with Crippen LogP contribution in [0.25, 0.3) is 11.4 Å². The molecule has 3 rings (SSSR count). The minimum Gasteiger partial charge on any atom is -0.496 e. The van der Waals surface area contributed by atoms with E-state index in [1.54, 1.807) is 13.2 Å². The number of para-hydroxylation sites is 1. The van der Waals surface area contributed by atoms with Crippen LogP contribution in [-0.4, -0.2) is 33.0 Å². The minimum absolute atomic E-state index is 0.0738. The van der Waals surface area contributed by atoms with E-state index < -0.39 is 0 Å². The van der Waals surface area contributed by atoms with Gasteiger partial charge in [-0.3, -0.25) is 9.36 Å². The van der Waals surface area contributed by atoms with Crippen molar-refractivity contribution in [1.29, 1.82) is 0 Å². The van der Waals surface area contributed by atoms with Crippen molar-refractivity contribution < 1.29 is 9.53 Å². The van der Waals surface area contributed by atoms with Crippen LogP contribution in [0.2, 0.25) is 0 Å². The van der Waals surface area contributed by atoms with Crippen molar-refractivity contribution in [3.8, 4) is 17.1 Å². The molecule has 0 saturated heterocycles. The summed E-state index contributed by atoms with van der Waals surface area (Å²) in [6.45, 7) is 6.66. The summed E-state index contributed by atoms with van der Waals surface area (Å²) < 4.78 is 7.30. The first-order valence-electron chi connectivity index (χ1n) is 9.29. The Labute approximate surface area is 175 Å². The van der Waals surface area contributed by atoms with Crippen molar-refractivity contribution >= 4 is 17.7 Å². The molecule has 1 atom stereocenters. The molecule has 1 aromatic heterocycles. The second-order valence-electron chi connectivity index (χ2n) is 6.36. The number of carbonyl (C=O) groups is 1. The van der Waals surface area contributed by atoms with Crippen LogP contribution in [0.4, 0.5) is 0 Å². The van der Waals surface area contributed by atoms with Crippen molar-refractivity contribution in [3.05, 3.63) is 72.8 Å². The van der Waals surface area contributed by atoms with Crippen LogP contribution in [0.3, 0.4) is 0 Å². The molecule has 0 aliphatic carbocycles. The van der Waals surface area contributed by atoms with Gasteiger partial charge in [-0.25, -0.2) is 0 Å². The van der Waals surface area contributed by atoms with E-state index in [4.69, 9.17) is 4.74 Å². The summed E-state index contributed by atoms with van der Waals surface area (Å²) in [5.41, 5.74) is 1.91. The van der Waals surface area contributed by atoms with Gasteiger partial charge in [0, 0.05) is 24.2 Å². The van der Waals surface area contributed by atoms with Crippen molar-refractivity contribution in [2.45, 2.75) is 30.4 Å². The number of aromatic nitrogens is 3. The molecule has 6 nitrogen and oxygen atoms in total. The zero-order chi connectivity index (χ0) is 20.6. The first-order valence-corrected chi connectivity index (χ1v) is 10.2. The number of nitrogens with zero attached hydrogens (tertiary/aromatic N) is 3. The average Bonchev–Trinajstić information content (AvgIpc) is 3.15. The van der Waals surface area contributed by atoms with Crippen molar-refractivity contribution in [1.82, 2.24) is 20.1 Å². The Morgan fingerprint density at radius 2 is 1.93 bits per heavy atom. The van der Waals surface area contributed by atoms with Crippen LogP contribution in [0.5, 0.6) is 5.75 Å². The number of hydrogen-bond acceptors (Lipinski definition) is 5. The highest BCUT2D eigenvalue weighted by atomic mass is 32.2. The van der Waals surface area contributed by atoms with Crippen LogP contribution >= 0.6 is 11.8 Å². The summed E-state index contributed by atoms with van der Waals surface area (Å²) in [6, 6.07) is 17.5. The molecule has 2 aromatic carbocycles. The molecule has 0 fully saturated rings. The summed E-state index contributed by atoms with van der Waals surface area (Å²) in [6.07, 6.45) is 1.80. The van der Waals surface area contributed by atoms with E-state index in [1.165, 1.54) is 11.8 Å². The Bertz CT molecular complexity index is 972. The predicted molar refractivity (Wildman–Crippen MR) is 116 cm³/mol. The molecule has 1 amide bonds. The molecule has 1 N–H and O–H groups in total. The largest absolute Gasteiger partial charge is 0.496 e. The molecule has 0 aliphatic heterocycles. The zero-order valence-electron chi connectivity index (χ0n) is 16.5. The fourth-order valence-electron chi connectivity index (χ4n) is 2.86. The van der Waals surface area contributed by atoms with Crippen molar-refractivity contribution in [2.75, 3.05) is 7.11 Å². The second kappa shape index (κ2) is 9.93. The van der Waals surface area contributed by atoms with Gasteiger partial charge in [-0.05, 0) is 13.0 Å². The van der Waals surface area contributed by atoms with E-state index in [2.05, 4.69) is 22.1 Å². The van der Waals surface area contributed by atoms with Crippen LogP contribution < -0.4 is 10.1 Å². The van der Waals surface area contributed by atoms with Crippen LogP contribution in [-0.2, 0) is 17.9 Å². The Morgan fingerprint density at radius 1 is 1.21 bits per heavy atom. The molecule has 0 aliphatic rings. The van der Waals surface area contributed by atoms with Gasteiger partial charge in [0.1, 0.15) is 5.75 Å². The van der Waals surface area contributed by atoms with Gasteiger partial charge in [-0.2, -0.15) is 0 Å². The predicted octanol–water partition coefficient (Wildman–Crippen LogP) is 3.94. The molecule has 150 valence electrons. The molecule has 1 unspecified atom stereocenters. The molecular formula is C22H24N4O2S. The third-order valence-corrected chi connectivity index (χ3v) is 5.44. The Balaban J connectivity index is 1.69. The maximum atomic E-state index is 12.6. The summed E-state index contributed by atoms with van der Waals surface area (Å²) in [4.78, 5) is 12.6. The third kappa shape index (κ3) is 5.06. The fourth-order valence-corrected chi connectivity index (χ4v) is 3.74. The summed E-state index contributed by atoms with van der Waals surface area (Å²) in [5, 5.41) is 12.0. The standard InChI is InChI=1S/C22H24N4O2S/c1-4-14-26-20(17-10-6-5-7-11-17)24-25-22(26)29-16(2)21(27)23-15-18-12-8-9-13-19(18)28-3/h4-13,16H,1,14-15H2,2-3H3,(H,23,27). The summed E-state index contributed by atoms with van der Waals surface area (Å²) >= 11 is 1.38. The second-order valence-corrected chi connectivity index (χ2v) is 7.67. The van der Waals surface area contributed by atoms with E-state index in [0.717, 1.165) is 22.7 Å². The molecule has 29 heavy (non-hydrogen) atoms. The van der Waals surface area contributed by atoms with Crippen molar-refractivity contribution in [3.63, 3.8) is 0 Å². The number of hydrogen-bond donors (Lipinski definition) is 1. The highest BCUT2D eigenvalue weighted by Crippen LogP contribution is 2.27. The van der Waals surface area contributed by atoms with Crippen LogP contribution in [0.15, 0.2) is 72.4 Å². The van der Waals surface area contributed by atoms with Crippen LogP contribution in [0.1, 0.15) is 12.5 Å². The van der Waals surface area contributed by atoms with Crippen LogP contribution in [0, 0.1) is 0 Å². The quantitative estimate of drug-likeness (QED) is 0.429. The zero-order valence-corrected chi connectivity index (χ0v) is 17.4. The molecular weight excluding hydrogens is 384 g/mol. The Kier molecular flexibility index (Phi) is 7.08. The Morgan fingerprint density at radius 3 is 2.66 bits per heavy atom. The lowest BCUT2D eigenvalue weighted by Gasteiger charge is -2.14. The van der Waals surface area contributed by atoms with E-state index in [0.29, 0.717) is 18.2 Å².